The summed E-state index contributed by atoms with van der Waals surface area (Å²) in [5.41, 5.74) is 7.76. The predicted octanol–water partition coefficient (Wildman–Crippen LogP) is 3.44. The Kier molecular flexibility index (Phi) is 3.46. The highest BCUT2D eigenvalue weighted by Crippen LogP contribution is 2.26. The second-order valence-electron chi connectivity index (χ2n) is 4.74. The summed E-state index contributed by atoms with van der Waals surface area (Å²) in [5, 5.41) is 0. The monoisotopic (exact) mass is 263 g/mol. The fourth-order valence-electron chi connectivity index (χ4n) is 2.13. The Morgan fingerprint density at radius 3 is 2.11 bits per heavy atom. The summed E-state index contributed by atoms with van der Waals surface area (Å²) in [4.78, 5) is 8.42. The van der Waals surface area contributed by atoms with E-state index in [4.69, 9.17) is 5.73 Å². The first-order valence-corrected chi connectivity index (χ1v) is 5.99. The van der Waals surface area contributed by atoms with Crippen molar-refractivity contribution in [1.29, 1.82) is 0 Å². The van der Waals surface area contributed by atoms with Gasteiger partial charge in [0.2, 0.25) is 0 Å². The van der Waals surface area contributed by atoms with Gasteiger partial charge in [0.15, 0.2) is 5.82 Å². The molecular formula is C14H15F2N3. The van der Waals surface area contributed by atoms with Crippen LogP contribution in [0.1, 0.15) is 31.0 Å². The van der Waals surface area contributed by atoms with E-state index in [1.165, 1.54) is 12.1 Å². The first-order chi connectivity index (χ1) is 8.88. The summed E-state index contributed by atoms with van der Waals surface area (Å²) in [6.45, 7) is 5.79. The maximum absolute atomic E-state index is 13.2. The van der Waals surface area contributed by atoms with Gasteiger partial charge in [-0.05, 0) is 25.0 Å². The first kappa shape index (κ1) is 13.4. The van der Waals surface area contributed by atoms with Crippen molar-refractivity contribution in [2.24, 2.45) is 0 Å². The Labute approximate surface area is 110 Å². The SMILES string of the molecule is Cc1nc(-c2cc(F)cc(F)c2)nc(N)c1C(C)C. The van der Waals surface area contributed by atoms with Gasteiger partial charge >= 0.3 is 0 Å². The van der Waals surface area contributed by atoms with Crippen molar-refractivity contribution in [1.82, 2.24) is 9.97 Å². The second-order valence-corrected chi connectivity index (χ2v) is 4.74. The van der Waals surface area contributed by atoms with Gasteiger partial charge in [-0.25, -0.2) is 18.7 Å². The molecule has 0 unspecified atom stereocenters. The number of halogens is 2. The van der Waals surface area contributed by atoms with Crippen molar-refractivity contribution in [2.45, 2.75) is 26.7 Å². The van der Waals surface area contributed by atoms with Gasteiger partial charge in [0, 0.05) is 22.9 Å². The summed E-state index contributed by atoms with van der Waals surface area (Å²) < 4.78 is 26.4. The molecule has 100 valence electrons. The van der Waals surface area contributed by atoms with Crippen LogP contribution >= 0.6 is 0 Å². The summed E-state index contributed by atoms with van der Waals surface area (Å²) in [6.07, 6.45) is 0. The van der Waals surface area contributed by atoms with Gasteiger partial charge in [0.1, 0.15) is 17.5 Å². The normalized spacial score (nSPS) is 11.1. The van der Waals surface area contributed by atoms with E-state index in [0.717, 1.165) is 17.3 Å². The average molecular weight is 263 g/mol. The third-order valence-corrected chi connectivity index (χ3v) is 2.86. The highest BCUT2D eigenvalue weighted by Gasteiger charge is 2.14. The minimum absolute atomic E-state index is 0.193. The van der Waals surface area contributed by atoms with E-state index in [0.29, 0.717) is 5.82 Å². The van der Waals surface area contributed by atoms with E-state index < -0.39 is 11.6 Å². The Morgan fingerprint density at radius 2 is 1.63 bits per heavy atom. The molecule has 0 spiro atoms. The molecule has 3 nitrogen and oxygen atoms in total. The van der Waals surface area contributed by atoms with E-state index in [2.05, 4.69) is 9.97 Å². The highest BCUT2D eigenvalue weighted by molar-refractivity contribution is 5.59. The number of nitrogens with zero attached hydrogens (tertiary/aromatic N) is 2. The molecule has 5 heteroatoms. The molecule has 0 saturated carbocycles. The predicted molar refractivity (Wildman–Crippen MR) is 70.6 cm³/mol. The van der Waals surface area contributed by atoms with Gasteiger partial charge in [-0.1, -0.05) is 13.8 Å². The van der Waals surface area contributed by atoms with Crippen LogP contribution in [-0.2, 0) is 0 Å². The number of hydrogen-bond acceptors (Lipinski definition) is 3. The summed E-state index contributed by atoms with van der Waals surface area (Å²) in [6, 6.07) is 3.18. The molecule has 0 radical (unpaired) electrons. The molecule has 0 amide bonds. The van der Waals surface area contributed by atoms with E-state index in [9.17, 15) is 8.78 Å². The molecule has 0 aliphatic carbocycles. The van der Waals surface area contributed by atoms with Crippen LogP contribution in [0.2, 0.25) is 0 Å². The highest BCUT2D eigenvalue weighted by atomic mass is 19.1. The van der Waals surface area contributed by atoms with Crippen LogP contribution in [0, 0.1) is 18.6 Å². The third kappa shape index (κ3) is 2.70. The molecule has 1 aromatic carbocycles. The Hall–Kier alpha value is -2.04. The summed E-state index contributed by atoms with van der Waals surface area (Å²) in [7, 11) is 0. The fraction of sp³-hybridized carbons (Fsp3) is 0.286. The molecule has 2 aromatic rings. The van der Waals surface area contributed by atoms with Gasteiger partial charge < -0.3 is 5.73 Å². The molecule has 19 heavy (non-hydrogen) atoms. The Balaban J connectivity index is 2.58. The zero-order chi connectivity index (χ0) is 14.2. The standard InChI is InChI=1S/C14H15F2N3/c1-7(2)12-8(3)18-14(19-13(12)17)9-4-10(15)6-11(16)5-9/h4-7H,1-3H3,(H2,17,18,19). The number of hydrogen-bond donors (Lipinski definition) is 1. The summed E-state index contributed by atoms with van der Waals surface area (Å²) in [5.74, 6) is -0.552. The number of nitrogen functional groups attached to an aromatic ring is 1. The van der Waals surface area contributed by atoms with Crippen LogP contribution in [0.25, 0.3) is 11.4 Å². The molecular weight excluding hydrogens is 248 g/mol. The number of aryl methyl sites for hydroxylation is 1. The lowest BCUT2D eigenvalue weighted by atomic mass is 10.0. The van der Waals surface area contributed by atoms with Crippen molar-refractivity contribution in [3.8, 4) is 11.4 Å². The number of anilines is 1. The molecule has 0 aliphatic rings. The smallest absolute Gasteiger partial charge is 0.161 e. The topological polar surface area (TPSA) is 51.8 Å². The average Bonchev–Trinajstić information content (AvgIpc) is 2.25. The van der Waals surface area contributed by atoms with Crippen LogP contribution in [0.3, 0.4) is 0 Å². The van der Waals surface area contributed by atoms with Gasteiger partial charge in [0.05, 0.1) is 0 Å². The van der Waals surface area contributed by atoms with Crippen LogP contribution in [0.15, 0.2) is 18.2 Å². The second kappa shape index (κ2) is 4.91. The number of rotatable bonds is 2. The van der Waals surface area contributed by atoms with E-state index in [-0.39, 0.29) is 17.3 Å². The zero-order valence-corrected chi connectivity index (χ0v) is 11.0. The molecule has 2 rings (SSSR count). The van der Waals surface area contributed by atoms with Crippen molar-refractivity contribution >= 4 is 5.82 Å². The lowest BCUT2D eigenvalue weighted by Gasteiger charge is -2.13. The van der Waals surface area contributed by atoms with Gasteiger partial charge in [-0.2, -0.15) is 0 Å². The van der Waals surface area contributed by atoms with Crippen molar-refractivity contribution in [2.75, 3.05) is 5.73 Å². The molecule has 0 bridgehead atoms. The lowest BCUT2D eigenvalue weighted by Crippen LogP contribution is -2.06. The van der Waals surface area contributed by atoms with E-state index >= 15 is 0 Å². The fourth-order valence-corrected chi connectivity index (χ4v) is 2.13. The zero-order valence-electron chi connectivity index (χ0n) is 11.0. The maximum Gasteiger partial charge on any atom is 0.161 e. The van der Waals surface area contributed by atoms with Crippen LogP contribution in [0.5, 0.6) is 0 Å². The Morgan fingerprint density at radius 1 is 1.05 bits per heavy atom. The lowest BCUT2D eigenvalue weighted by molar-refractivity contribution is 0.584. The minimum Gasteiger partial charge on any atom is -0.383 e. The summed E-state index contributed by atoms with van der Waals surface area (Å²) >= 11 is 0. The molecule has 2 N–H and O–H groups in total. The van der Waals surface area contributed by atoms with Gasteiger partial charge in [-0.15, -0.1) is 0 Å². The number of nitrogens with two attached hydrogens (primary N) is 1. The quantitative estimate of drug-likeness (QED) is 0.903. The van der Waals surface area contributed by atoms with Crippen molar-refractivity contribution in [3.05, 3.63) is 41.1 Å². The number of aromatic nitrogens is 2. The molecule has 0 saturated heterocycles. The van der Waals surface area contributed by atoms with Crippen LogP contribution < -0.4 is 5.73 Å². The van der Waals surface area contributed by atoms with Gasteiger partial charge in [0.25, 0.3) is 0 Å². The molecule has 0 atom stereocenters. The van der Waals surface area contributed by atoms with Gasteiger partial charge in [-0.3, -0.25) is 0 Å². The van der Waals surface area contributed by atoms with Crippen molar-refractivity contribution in [3.63, 3.8) is 0 Å². The molecule has 1 aromatic heterocycles. The van der Waals surface area contributed by atoms with Crippen LogP contribution in [-0.4, -0.2) is 9.97 Å². The number of benzene rings is 1. The van der Waals surface area contributed by atoms with E-state index in [1.54, 1.807) is 0 Å². The maximum atomic E-state index is 13.2. The first-order valence-electron chi connectivity index (χ1n) is 5.99. The largest absolute Gasteiger partial charge is 0.383 e. The Bertz CT molecular complexity index is 581. The molecule has 1 heterocycles. The minimum atomic E-state index is -0.664. The van der Waals surface area contributed by atoms with Crippen LogP contribution in [0.4, 0.5) is 14.6 Å². The van der Waals surface area contributed by atoms with Crippen molar-refractivity contribution < 1.29 is 8.78 Å². The molecule has 0 fully saturated rings. The van der Waals surface area contributed by atoms with E-state index in [1.807, 2.05) is 20.8 Å². The third-order valence-electron chi connectivity index (χ3n) is 2.86. The molecule has 0 aliphatic heterocycles.